The van der Waals surface area contributed by atoms with Crippen molar-refractivity contribution in [1.29, 1.82) is 0 Å². The van der Waals surface area contributed by atoms with Crippen molar-refractivity contribution in [3.8, 4) is 0 Å². The number of pyridine rings is 2. The molecule has 7 aromatic rings. The van der Waals surface area contributed by atoms with Crippen molar-refractivity contribution in [2.75, 3.05) is 0 Å². The molecule has 2 nitrogen and oxygen atoms in total. The molecule has 0 unspecified atom stereocenters. The van der Waals surface area contributed by atoms with E-state index < -0.39 is 0 Å². The molecule has 3 aromatic heterocycles. The van der Waals surface area contributed by atoms with Crippen molar-refractivity contribution in [3.05, 3.63) is 83.6 Å². The second-order valence-electron chi connectivity index (χ2n) is 17.5. The highest BCUT2D eigenvalue weighted by Gasteiger charge is 2.31. The standard InChI is InChI=1S/C43H48N2/c1-41(2,3)24-26-13-14-30-29(21-26)23-33-38-36-28(17-20-44-38)22-32(27-15-18-43(7,8)19-16-27)37-31-11-9-10-12-35(31)45(40(36)37)39(33)34(30)25-42(4,5)6/h9-14,17,20-23,27H,15-16,18-19,24-25H2,1-8H3. The first-order chi connectivity index (χ1) is 21.3. The molecule has 0 N–H and O–H groups in total. The van der Waals surface area contributed by atoms with Crippen molar-refractivity contribution in [2.45, 2.75) is 99.8 Å². The van der Waals surface area contributed by atoms with Gasteiger partial charge in [-0.15, -0.1) is 0 Å². The zero-order valence-corrected chi connectivity index (χ0v) is 28.6. The molecule has 0 spiro atoms. The molecule has 3 heterocycles. The van der Waals surface area contributed by atoms with Crippen LogP contribution in [0.25, 0.3) is 59.8 Å². The lowest BCUT2D eigenvalue weighted by Crippen LogP contribution is -2.20. The summed E-state index contributed by atoms with van der Waals surface area (Å²) >= 11 is 0. The molecule has 8 rings (SSSR count). The molecule has 4 aromatic carbocycles. The van der Waals surface area contributed by atoms with Gasteiger partial charge >= 0.3 is 0 Å². The van der Waals surface area contributed by atoms with Crippen molar-refractivity contribution < 1.29 is 0 Å². The zero-order valence-electron chi connectivity index (χ0n) is 28.6. The largest absolute Gasteiger partial charge is 0.308 e. The Morgan fingerprint density at radius 3 is 2.20 bits per heavy atom. The van der Waals surface area contributed by atoms with Gasteiger partial charge in [0, 0.05) is 27.7 Å². The predicted molar refractivity (Wildman–Crippen MR) is 195 cm³/mol. The number of para-hydroxylation sites is 1. The van der Waals surface area contributed by atoms with Gasteiger partial charge in [0.2, 0.25) is 0 Å². The minimum Gasteiger partial charge on any atom is -0.308 e. The minimum atomic E-state index is 0.130. The fraction of sp³-hybridized carbons (Fsp3) is 0.419. The number of hydrogen-bond donors (Lipinski definition) is 0. The fourth-order valence-electron chi connectivity index (χ4n) is 8.71. The summed E-state index contributed by atoms with van der Waals surface area (Å²) in [5, 5.41) is 9.51. The zero-order chi connectivity index (χ0) is 31.5. The van der Waals surface area contributed by atoms with E-state index in [4.69, 9.17) is 4.98 Å². The smallest absolute Gasteiger partial charge is 0.0823 e. The van der Waals surface area contributed by atoms with E-state index in [0.29, 0.717) is 11.3 Å². The molecule has 1 aliphatic rings. The molecular weight excluding hydrogens is 544 g/mol. The Kier molecular flexibility index (Phi) is 6.19. The normalized spacial score (nSPS) is 16.8. The number of benzene rings is 4. The number of hydrogen-bond acceptors (Lipinski definition) is 1. The van der Waals surface area contributed by atoms with Crippen LogP contribution in [0, 0.1) is 16.2 Å². The van der Waals surface area contributed by atoms with Gasteiger partial charge in [0.1, 0.15) is 0 Å². The van der Waals surface area contributed by atoms with E-state index in [9.17, 15) is 0 Å². The Morgan fingerprint density at radius 2 is 1.47 bits per heavy atom. The second-order valence-corrected chi connectivity index (χ2v) is 17.5. The predicted octanol–water partition coefficient (Wildman–Crippen LogP) is 12.4. The van der Waals surface area contributed by atoms with E-state index in [1.54, 1.807) is 5.56 Å². The third kappa shape index (κ3) is 4.70. The molecule has 1 aliphatic carbocycles. The lowest BCUT2D eigenvalue weighted by molar-refractivity contribution is 0.225. The van der Waals surface area contributed by atoms with Crippen molar-refractivity contribution in [3.63, 3.8) is 0 Å². The number of fused-ring (bicyclic) bond motifs is 7. The van der Waals surface area contributed by atoms with Gasteiger partial charge in [-0.25, -0.2) is 0 Å². The highest BCUT2D eigenvalue weighted by Crippen LogP contribution is 2.50. The van der Waals surface area contributed by atoms with Crippen LogP contribution >= 0.6 is 0 Å². The molecule has 0 radical (unpaired) electrons. The summed E-state index contributed by atoms with van der Waals surface area (Å²) < 4.78 is 2.66. The van der Waals surface area contributed by atoms with Gasteiger partial charge in [-0.2, -0.15) is 0 Å². The van der Waals surface area contributed by atoms with Gasteiger partial charge in [0.05, 0.1) is 22.1 Å². The van der Waals surface area contributed by atoms with Crippen LogP contribution in [-0.4, -0.2) is 9.38 Å². The lowest BCUT2D eigenvalue weighted by atomic mass is 9.70. The number of aromatic nitrogens is 2. The maximum absolute atomic E-state index is 5.21. The van der Waals surface area contributed by atoms with Crippen LogP contribution in [0.15, 0.2) is 66.9 Å². The first-order valence-electron chi connectivity index (χ1n) is 17.2. The molecule has 0 aliphatic heterocycles. The topological polar surface area (TPSA) is 17.3 Å². The summed E-state index contributed by atoms with van der Waals surface area (Å²) in [6, 6.07) is 23.7. The SMILES string of the molecule is CC(C)(C)Cc1ccc2c(CC(C)(C)C)c3c(cc2c1)c1nccc2cc(C4CCC(C)(C)CC4)c4c5ccccc5n3c4c21. The van der Waals surface area contributed by atoms with Crippen LogP contribution in [0.5, 0.6) is 0 Å². The first-order valence-corrected chi connectivity index (χ1v) is 17.2. The molecule has 2 heteroatoms. The molecule has 45 heavy (non-hydrogen) atoms. The third-order valence-corrected chi connectivity index (χ3v) is 10.7. The van der Waals surface area contributed by atoms with E-state index in [1.165, 1.54) is 91.1 Å². The number of nitrogens with zero attached hydrogens (tertiary/aromatic N) is 2. The summed E-state index contributed by atoms with van der Waals surface area (Å²) in [5.74, 6) is 0.589. The van der Waals surface area contributed by atoms with Crippen LogP contribution in [0.3, 0.4) is 0 Å². The van der Waals surface area contributed by atoms with Gasteiger partial charge < -0.3 is 4.40 Å². The van der Waals surface area contributed by atoms with Crippen LogP contribution in [0.2, 0.25) is 0 Å². The molecule has 1 saturated carbocycles. The molecule has 0 saturated heterocycles. The average molecular weight is 593 g/mol. The van der Waals surface area contributed by atoms with E-state index in [2.05, 4.69) is 127 Å². The van der Waals surface area contributed by atoms with Crippen molar-refractivity contribution >= 4 is 59.8 Å². The Balaban J connectivity index is 1.56. The van der Waals surface area contributed by atoms with Crippen LogP contribution in [0.4, 0.5) is 0 Å². The van der Waals surface area contributed by atoms with E-state index >= 15 is 0 Å². The van der Waals surface area contributed by atoms with E-state index in [-0.39, 0.29) is 10.8 Å². The fourth-order valence-corrected chi connectivity index (χ4v) is 8.71. The minimum absolute atomic E-state index is 0.130. The second kappa shape index (κ2) is 9.68. The summed E-state index contributed by atoms with van der Waals surface area (Å²) in [5.41, 5.74) is 10.4. The van der Waals surface area contributed by atoms with Crippen molar-refractivity contribution in [1.82, 2.24) is 9.38 Å². The Morgan fingerprint density at radius 1 is 0.733 bits per heavy atom. The monoisotopic (exact) mass is 592 g/mol. The maximum atomic E-state index is 5.21. The Hall–Kier alpha value is -3.65. The average Bonchev–Trinajstić information content (AvgIpc) is 3.30. The van der Waals surface area contributed by atoms with Gasteiger partial charge in [-0.3, -0.25) is 4.98 Å². The summed E-state index contributed by atoms with van der Waals surface area (Å²) in [7, 11) is 0. The van der Waals surface area contributed by atoms with Gasteiger partial charge in [-0.1, -0.05) is 91.8 Å². The quantitative estimate of drug-likeness (QED) is 0.147. The Bertz CT molecular complexity index is 2250. The highest BCUT2D eigenvalue weighted by atomic mass is 14.9. The van der Waals surface area contributed by atoms with E-state index in [0.717, 1.165) is 18.4 Å². The van der Waals surface area contributed by atoms with Crippen molar-refractivity contribution in [2.24, 2.45) is 16.2 Å². The van der Waals surface area contributed by atoms with Crippen LogP contribution < -0.4 is 0 Å². The summed E-state index contributed by atoms with van der Waals surface area (Å²) in [4.78, 5) is 5.21. The molecule has 0 atom stereocenters. The summed E-state index contributed by atoms with van der Waals surface area (Å²) in [6.45, 7) is 19.1. The molecule has 230 valence electrons. The molecule has 1 fully saturated rings. The molecule has 0 bridgehead atoms. The molecule has 0 amide bonds. The van der Waals surface area contributed by atoms with Gasteiger partial charge in [-0.05, 0) is 118 Å². The van der Waals surface area contributed by atoms with E-state index in [1.807, 2.05) is 0 Å². The lowest BCUT2D eigenvalue weighted by Gasteiger charge is -2.35. The first kappa shape index (κ1) is 28.8. The third-order valence-electron chi connectivity index (χ3n) is 10.7. The Labute approximate surface area is 268 Å². The summed E-state index contributed by atoms with van der Waals surface area (Å²) in [6.07, 6.45) is 9.23. The van der Waals surface area contributed by atoms with Crippen LogP contribution in [0.1, 0.15) is 104 Å². The number of rotatable bonds is 3. The highest BCUT2D eigenvalue weighted by molar-refractivity contribution is 6.29. The molecular formula is C43H48N2. The van der Waals surface area contributed by atoms with Gasteiger partial charge in [0.15, 0.2) is 0 Å². The van der Waals surface area contributed by atoms with Gasteiger partial charge in [0.25, 0.3) is 0 Å². The van der Waals surface area contributed by atoms with Crippen LogP contribution in [-0.2, 0) is 12.8 Å². The maximum Gasteiger partial charge on any atom is 0.0823 e.